The van der Waals surface area contributed by atoms with Gasteiger partial charge in [-0.05, 0) is 31.2 Å². The highest BCUT2D eigenvalue weighted by molar-refractivity contribution is 7.16. The zero-order valence-corrected chi connectivity index (χ0v) is 12.5. The molecule has 1 aromatic rings. The van der Waals surface area contributed by atoms with E-state index in [2.05, 4.69) is 16.7 Å². The summed E-state index contributed by atoms with van der Waals surface area (Å²) in [4.78, 5) is 24.0. The fourth-order valence-electron chi connectivity index (χ4n) is 2.37. The van der Waals surface area contributed by atoms with Crippen LogP contribution >= 0.6 is 11.3 Å². The maximum atomic E-state index is 11.8. The molecule has 1 aromatic heterocycles. The first kappa shape index (κ1) is 15.5. The third kappa shape index (κ3) is 3.80. The number of rotatable bonds is 4. The molecule has 112 valence electrons. The van der Waals surface area contributed by atoms with Crippen molar-refractivity contribution in [1.29, 1.82) is 5.26 Å². The molecule has 6 nitrogen and oxygen atoms in total. The number of aryl methyl sites for hydroxylation is 1. The number of anilines is 1. The van der Waals surface area contributed by atoms with Gasteiger partial charge >= 0.3 is 0 Å². The van der Waals surface area contributed by atoms with Crippen molar-refractivity contribution >= 4 is 28.2 Å². The maximum Gasteiger partial charge on any atom is 0.244 e. The van der Waals surface area contributed by atoms with Crippen molar-refractivity contribution < 1.29 is 9.59 Å². The standard InChI is InChI=1S/C14H18N4O2S/c15-6-10-9-4-2-1-3-5-11(9)21-14(10)18-13(20)8-17-12(19)7-16/h1-5,7-8,16H2,(H,17,19)(H,18,20). The number of nitriles is 1. The first-order valence-electron chi connectivity index (χ1n) is 6.97. The molecule has 1 heterocycles. The molecule has 0 unspecified atom stereocenters. The first-order valence-corrected chi connectivity index (χ1v) is 7.78. The number of nitrogens with two attached hydrogens (primary N) is 1. The fourth-order valence-corrected chi connectivity index (χ4v) is 3.63. The molecule has 0 fully saturated rings. The van der Waals surface area contributed by atoms with Crippen molar-refractivity contribution in [3.05, 3.63) is 16.0 Å². The molecule has 0 radical (unpaired) electrons. The van der Waals surface area contributed by atoms with Crippen LogP contribution in [0.25, 0.3) is 0 Å². The van der Waals surface area contributed by atoms with Crippen molar-refractivity contribution in [3.8, 4) is 6.07 Å². The van der Waals surface area contributed by atoms with Gasteiger partial charge in [0.2, 0.25) is 11.8 Å². The second-order valence-corrected chi connectivity index (χ2v) is 6.01. The molecule has 4 N–H and O–H groups in total. The summed E-state index contributed by atoms with van der Waals surface area (Å²) >= 11 is 1.48. The van der Waals surface area contributed by atoms with Crippen molar-refractivity contribution in [2.24, 2.45) is 5.73 Å². The molecule has 0 aliphatic heterocycles. The smallest absolute Gasteiger partial charge is 0.244 e. The van der Waals surface area contributed by atoms with Gasteiger partial charge in [-0.2, -0.15) is 5.26 Å². The molecule has 0 saturated heterocycles. The van der Waals surface area contributed by atoms with Gasteiger partial charge in [0.25, 0.3) is 0 Å². The minimum Gasteiger partial charge on any atom is -0.346 e. The number of amides is 2. The molecule has 0 saturated carbocycles. The third-order valence-corrected chi connectivity index (χ3v) is 4.62. The summed E-state index contributed by atoms with van der Waals surface area (Å²) in [7, 11) is 0. The van der Waals surface area contributed by atoms with Crippen molar-refractivity contribution in [2.45, 2.75) is 32.1 Å². The Morgan fingerprint density at radius 3 is 2.71 bits per heavy atom. The highest BCUT2D eigenvalue weighted by Gasteiger charge is 2.20. The minimum atomic E-state index is -0.382. The van der Waals surface area contributed by atoms with E-state index in [1.165, 1.54) is 22.6 Å². The largest absolute Gasteiger partial charge is 0.346 e. The van der Waals surface area contributed by atoms with E-state index in [1.807, 2.05) is 0 Å². The van der Waals surface area contributed by atoms with E-state index in [0.29, 0.717) is 10.6 Å². The van der Waals surface area contributed by atoms with Crippen LogP contribution in [0.4, 0.5) is 5.00 Å². The van der Waals surface area contributed by atoms with Gasteiger partial charge in [0.05, 0.1) is 18.7 Å². The van der Waals surface area contributed by atoms with Crippen molar-refractivity contribution in [3.63, 3.8) is 0 Å². The molecule has 0 bridgehead atoms. The Morgan fingerprint density at radius 1 is 1.24 bits per heavy atom. The van der Waals surface area contributed by atoms with Gasteiger partial charge in [-0.1, -0.05) is 6.42 Å². The molecule has 2 amide bonds. The topological polar surface area (TPSA) is 108 Å². The lowest BCUT2D eigenvalue weighted by molar-refractivity contribution is -0.123. The van der Waals surface area contributed by atoms with E-state index < -0.39 is 0 Å². The van der Waals surface area contributed by atoms with Crippen LogP contribution < -0.4 is 16.4 Å². The highest BCUT2D eigenvalue weighted by Crippen LogP contribution is 2.36. The van der Waals surface area contributed by atoms with Gasteiger partial charge in [0.1, 0.15) is 11.1 Å². The minimum absolute atomic E-state index is 0.135. The maximum absolute atomic E-state index is 11.8. The second kappa shape index (κ2) is 7.20. The Bertz CT molecular complexity index is 589. The van der Waals surface area contributed by atoms with E-state index >= 15 is 0 Å². The Morgan fingerprint density at radius 2 is 2.00 bits per heavy atom. The van der Waals surface area contributed by atoms with Crippen LogP contribution in [0.15, 0.2) is 0 Å². The predicted molar refractivity (Wildman–Crippen MR) is 81.0 cm³/mol. The lowest BCUT2D eigenvalue weighted by Crippen LogP contribution is -2.36. The molecular formula is C14H18N4O2S. The van der Waals surface area contributed by atoms with Gasteiger partial charge in [0.15, 0.2) is 0 Å². The fraction of sp³-hybridized carbons (Fsp3) is 0.500. The Balaban J connectivity index is 2.08. The van der Waals surface area contributed by atoms with Gasteiger partial charge < -0.3 is 16.4 Å². The number of fused-ring (bicyclic) bond motifs is 1. The van der Waals surface area contributed by atoms with Crippen molar-refractivity contribution in [2.75, 3.05) is 18.4 Å². The molecule has 2 rings (SSSR count). The van der Waals surface area contributed by atoms with Crippen LogP contribution in [0.5, 0.6) is 0 Å². The summed E-state index contributed by atoms with van der Waals surface area (Å²) in [6, 6.07) is 2.20. The van der Waals surface area contributed by atoms with Gasteiger partial charge in [-0.25, -0.2) is 0 Å². The number of hydrogen-bond acceptors (Lipinski definition) is 5. The van der Waals surface area contributed by atoms with Gasteiger partial charge in [-0.3, -0.25) is 9.59 Å². The number of carbonyl (C=O) groups excluding carboxylic acids is 2. The van der Waals surface area contributed by atoms with Crippen LogP contribution in [-0.4, -0.2) is 24.9 Å². The van der Waals surface area contributed by atoms with Gasteiger partial charge in [-0.15, -0.1) is 11.3 Å². The van der Waals surface area contributed by atoms with E-state index in [4.69, 9.17) is 5.73 Å². The van der Waals surface area contributed by atoms with Gasteiger partial charge in [0, 0.05) is 4.88 Å². The Kier molecular flexibility index (Phi) is 5.31. The number of hydrogen-bond donors (Lipinski definition) is 3. The average molecular weight is 306 g/mol. The number of thiophene rings is 1. The molecule has 0 spiro atoms. The molecule has 0 aromatic carbocycles. The van der Waals surface area contributed by atoms with E-state index in [9.17, 15) is 14.9 Å². The monoisotopic (exact) mass is 306 g/mol. The summed E-state index contributed by atoms with van der Waals surface area (Å²) in [5.74, 6) is -0.725. The summed E-state index contributed by atoms with van der Waals surface area (Å²) in [6.07, 6.45) is 5.25. The average Bonchev–Trinajstić information content (AvgIpc) is 2.65. The van der Waals surface area contributed by atoms with E-state index in [1.54, 1.807) is 0 Å². The van der Waals surface area contributed by atoms with E-state index in [0.717, 1.165) is 31.2 Å². The normalized spacial score (nSPS) is 13.7. The van der Waals surface area contributed by atoms with Crippen LogP contribution in [0, 0.1) is 11.3 Å². The summed E-state index contributed by atoms with van der Waals surface area (Å²) < 4.78 is 0. The quantitative estimate of drug-likeness (QED) is 0.718. The predicted octanol–water partition coefficient (Wildman–Crippen LogP) is 0.902. The molecular weight excluding hydrogens is 288 g/mol. The van der Waals surface area contributed by atoms with Crippen LogP contribution in [0.2, 0.25) is 0 Å². The molecule has 7 heteroatoms. The zero-order chi connectivity index (χ0) is 15.2. The SMILES string of the molecule is N#Cc1c(NC(=O)CNC(=O)CN)sc2c1CCCCC2. The van der Waals surface area contributed by atoms with E-state index in [-0.39, 0.29) is 24.9 Å². The number of nitrogens with one attached hydrogen (secondary N) is 2. The highest BCUT2D eigenvalue weighted by atomic mass is 32.1. The first-order chi connectivity index (χ1) is 10.2. The Labute approximate surface area is 127 Å². The van der Waals surface area contributed by atoms with Crippen LogP contribution in [0.3, 0.4) is 0 Å². The molecule has 0 atom stereocenters. The lowest BCUT2D eigenvalue weighted by Gasteiger charge is -2.05. The molecule has 1 aliphatic carbocycles. The summed E-state index contributed by atoms with van der Waals surface area (Å²) in [5, 5.41) is 15.1. The van der Waals surface area contributed by atoms with Crippen molar-refractivity contribution in [1.82, 2.24) is 5.32 Å². The molecule has 1 aliphatic rings. The zero-order valence-electron chi connectivity index (χ0n) is 11.7. The second-order valence-electron chi connectivity index (χ2n) is 4.91. The summed E-state index contributed by atoms with van der Waals surface area (Å²) in [5.41, 5.74) is 6.82. The number of nitrogens with zero attached hydrogens (tertiary/aromatic N) is 1. The molecule has 21 heavy (non-hydrogen) atoms. The summed E-state index contributed by atoms with van der Waals surface area (Å²) in [6.45, 7) is -0.284. The number of carbonyl (C=O) groups is 2. The van der Waals surface area contributed by atoms with Crippen LogP contribution in [-0.2, 0) is 22.4 Å². The van der Waals surface area contributed by atoms with Crippen LogP contribution in [0.1, 0.15) is 35.3 Å². The third-order valence-electron chi connectivity index (χ3n) is 3.42. The lowest BCUT2D eigenvalue weighted by atomic mass is 10.1. The Hall–Kier alpha value is -1.91.